The lowest BCUT2D eigenvalue weighted by atomic mass is 10.2. The minimum absolute atomic E-state index is 0.589. The smallest absolute Gasteiger partial charge is 0.0399 e. The average molecular weight is 225 g/mol. The van der Waals surface area contributed by atoms with Crippen LogP contribution < -0.4 is 10.4 Å². The molecular weight excluding hydrogens is 208 g/mol. The van der Waals surface area contributed by atoms with Gasteiger partial charge in [0, 0.05) is 0 Å². The van der Waals surface area contributed by atoms with Crippen molar-refractivity contribution in [2.24, 2.45) is 0 Å². The third kappa shape index (κ3) is 2.42. The largest absolute Gasteiger partial charge is 0.255 e. The van der Waals surface area contributed by atoms with Crippen LogP contribution in [0.5, 0.6) is 0 Å². The van der Waals surface area contributed by atoms with Crippen molar-refractivity contribution in [3.05, 3.63) is 59.7 Å². The van der Waals surface area contributed by atoms with Crippen LogP contribution in [0.15, 0.2) is 48.5 Å². The van der Waals surface area contributed by atoms with Crippen molar-refractivity contribution in [3.8, 4) is 0 Å². The van der Waals surface area contributed by atoms with Crippen molar-refractivity contribution in [2.45, 2.75) is 20.4 Å². The molecule has 0 bridgehead atoms. The number of benzene rings is 2. The molecule has 0 nitrogen and oxygen atoms in total. The molecule has 0 N–H and O–H groups in total. The Bertz CT molecular complexity index is 443. The van der Waals surface area contributed by atoms with Crippen LogP contribution in [-0.2, 0) is 0 Å². The first kappa shape index (κ1) is 11.2. The van der Waals surface area contributed by atoms with Crippen molar-refractivity contribution in [2.75, 3.05) is 0 Å². The standard InChI is InChI=1S/C15H17Si/c1-12-6-4-8-14(10-12)16(3)15-9-5-7-13(2)11-15/h4-11H,1-3H3/q-1. The molecular formula is C15H17Si-. The summed E-state index contributed by atoms with van der Waals surface area (Å²) in [5.74, 6) is 0. The summed E-state index contributed by atoms with van der Waals surface area (Å²) < 4.78 is 0. The van der Waals surface area contributed by atoms with Crippen molar-refractivity contribution in [3.63, 3.8) is 0 Å². The molecule has 2 rings (SSSR count). The van der Waals surface area contributed by atoms with E-state index < -0.39 is 8.80 Å². The molecule has 0 heterocycles. The maximum atomic E-state index is 2.37. The highest BCUT2D eigenvalue weighted by Gasteiger charge is 1.95. The van der Waals surface area contributed by atoms with E-state index in [0.29, 0.717) is 0 Å². The lowest BCUT2D eigenvalue weighted by Crippen LogP contribution is -2.39. The van der Waals surface area contributed by atoms with Crippen LogP contribution >= 0.6 is 0 Å². The molecule has 2 aromatic carbocycles. The molecule has 1 heteroatoms. The van der Waals surface area contributed by atoms with Crippen LogP contribution in [0.2, 0.25) is 6.55 Å². The van der Waals surface area contributed by atoms with Gasteiger partial charge in [-0.3, -0.25) is 8.80 Å². The molecule has 0 aliphatic rings. The Morgan fingerprint density at radius 3 is 1.56 bits per heavy atom. The van der Waals surface area contributed by atoms with Crippen LogP contribution in [0.25, 0.3) is 0 Å². The molecule has 0 unspecified atom stereocenters. The third-order valence-electron chi connectivity index (χ3n) is 2.90. The van der Waals surface area contributed by atoms with Crippen LogP contribution in [0, 0.1) is 13.8 Å². The van der Waals surface area contributed by atoms with Crippen molar-refractivity contribution >= 4 is 19.2 Å². The molecule has 0 saturated heterocycles. The number of hydrogen-bond acceptors (Lipinski definition) is 0. The minimum atomic E-state index is -0.589. The Labute approximate surface area is 99.6 Å². The van der Waals surface area contributed by atoms with E-state index in [1.165, 1.54) is 21.5 Å². The van der Waals surface area contributed by atoms with E-state index in [-0.39, 0.29) is 0 Å². The molecule has 0 aliphatic carbocycles. The molecule has 0 radical (unpaired) electrons. The maximum absolute atomic E-state index is 2.37. The lowest BCUT2D eigenvalue weighted by Gasteiger charge is -2.27. The van der Waals surface area contributed by atoms with E-state index in [1.54, 1.807) is 0 Å². The van der Waals surface area contributed by atoms with Gasteiger partial charge >= 0.3 is 0 Å². The first-order chi connectivity index (χ1) is 7.66. The van der Waals surface area contributed by atoms with E-state index in [0.717, 1.165) is 0 Å². The van der Waals surface area contributed by atoms with E-state index in [1.807, 2.05) is 0 Å². The minimum Gasteiger partial charge on any atom is -0.255 e. The molecule has 2 aromatic rings. The Hall–Kier alpha value is -1.34. The number of rotatable bonds is 2. The molecule has 0 amide bonds. The van der Waals surface area contributed by atoms with Crippen LogP contribution in [-0.4, -0.2) is 8.80 Å². The summed E-state index contributed by atoms with van der Waals surface area (Å²) in [5, 5.41) is 2.99. The van der Waals surface area contributed by atoms with Gasteiger partial charge < -0.3 is 0 Å². The SMILES string of the molecule is Cc1cccc([Si-](C)c2cccc(C)c2)c1. The summed E-state index contributed by atoms with van der Waals surface area (Å²) >= 11 is 0. The highest BCUT2D eigenvalue weighted by atomic mass is 28.3. The van der Waals surface area contributed by atoms with Gasteiger partial charge in [-0.25, -0.2) is 0 Å². The van der Waals surface area contributed by atoms with Crippen LogP contribution in [0.4, 0.5) is 0 Å². The predicted molar refractivity (Wildman–Crippen MR) is 73.2 cm³/mol. The molecule has 16 heavy (non-hydrogen) atoms. The van der Waals surface area contributed by atoms with E-state index in [9.17, 15) is 0 Å². The summed E-state index contributed by atoms with van der Waals surface area (Å²) in [6, 6.07) is 17.8. The fourth-order valence-corrected chi connectivity index (χ4v) is 3.84. The second-order valence-corrected chi connectivity index (χ2v) is 6.77. The van der Waals surface area contributed by atoms with E-state index in [4.69, 9.17) is 0 Å². The lowest BCUT2D eigenvalue weighted by molar-refractivity contribution is 1.48. The van der Waals surface area contributed by atoms with Crippen LogP contribution in [0.1, 0.15) is 11.1 Å². The maximum Gasteiger partial charge on any atom is -0.0399 e. The predicted octanol–water partition coefficient (Wildman–Crippen LogP) is 2.54. The fraction of sp³-hybridized carbons (Fsp3) is 0.200. The van der Waals surface area contributed by atoms with Gasteiger partial charge in [-0.15, -0.1) is 0 Å². The zero-order valence-corrected chi connectivity index (χ0v) is 11.1. The van der Waals surface area contributed by atoms with Gasteiger partial charge in [-0.2, -0.15) is 16.9 Å². The van der Waals surface area contributed by atoms with Gasteiger partial charge in [0.15, 0.2) is 0 Å². The number of aryl methyl sites for hydroxylation is 2. The van der Waals surface area contributed by atoms with E-state index >= 15 is 0 Å². The summed E-state index contributed by atoms with van der Waals surface area (Å²) in [4.78, 5) is 0. The van der Waals surface area contributed by atoms with Gasteiger partial charge in [-0.05, 0) is 13.8 Å². The van der Waals surface area contributed by atoms with Crippen LogP contribution in [0.3, 0.4) is 0 Å². The second kappa shape index (κ2) is 4.66. The van der Waals surface area contributed by atoms with Gasteiger partial charge in [-0.1, -0.05) is 59.7 Å². The van der Waals surface area contributed by atoms with Crippen molar-refractivity contribution in [1.82, 2.24) is 0 Å². The van der Waals surface area contributed by atoms with E-state index in [2.05, 4.69) is 68.9 Å². The quantitative estimate of drug-likeness (QED) is 0.689. The highest BCUT2D eigenvalue weighted by Crippen LogP contribution is 1.99. The van der Waals surface area contributed by atoms with Gasteiger partial charge in [0.1, 0.15) is 0 Å². The Morgan fingerprint density at radius 1 is 0.750 bits per heavy atom. The Kier molecular flexibility index (Phi) is 3.25. The van der Waals surface area contributed by atoms with Gasteiger partial charge in [0.2, 0.25) is 0 Å². The molecule has 0 atom stereocenters. The summed E-state index contributed by atoms with van der Waals surface area (Å²) in [7, 11) is -0.589. The first-order valence-electron chi connectivity index (χ1n) is 5.64. The molecule has 0 spiro atoms. The van der Waals surface area contributed by atoms with Crippen molar-refractivity contribution < 1.29 is 0 Å². The summed E-state index contributed by atoms with van der Waals surface area (Å²) in [5.41, 5.74) is 2.71. The zero-order chi connectivity index (χ0) is 11.5. The molecule has 0 fully saturated rings. The Morgan fingerprint density at radius 2 is 1.19 bits per heavy atom. The van der Waals surface area contributed by atoms with Gasteiger partial charge in [0.25, 0.3) is 0 Å². The normalized spacial score (nSPS) is 10.2. The Balaban J connectivity index is 2.35. The average Bonchev–Trinajstić information content (AvgIpc) is 2.28. The zero-order valence-electron chi connectivity index (χ0n) is 10.1. The number of hydrogen-bond donors (Lipinski definition) is 0. The molecule has 0 aromatic heterocycles. The molecule has 82 valence electrons. The first-order valence-corrected chi connectivity index (χ1v) is 7.64. The highest BCUT2D eigenvalue weighted by molar-refractivity contribution is 6.84. The van der Waals surface area contributed by atoms with Gasteiger partial charge in [0.05, 0.1) is 0 Å². The second-order valence-electron chi connectivity index (χ2n) is 4.36. The summed E-state index contributed by atoms with van der Waals surface area (Å²) in [6.07, 6.45) is 0. The summed E-state index contributed by atoms with van der Waals surface area (Å²) in [6.45, 7) is 6.69. The topological polar surface area (TPSA) is 0 Å². The monoisotopic (exact) mass is 225 g/mol. The third-order valence-corrected chi connectivity index (χ3v) is 5.26. The van der Waals surface area contributed by atoms with Crippen molar-refractivity contribution in [1.29, 1.82) is 0 Å². The molecule has 0 saturated carbocycles. The fourth-order valence-electron chi connectivity index (χ4n) is 1.92. The molecule has 0 aliphatic heterocycles.